The summed E-state index contributed by atoms with van der Waals surface area (Å²) < 4.78 is 0. The van der Waals surface area contributed by atoms with Gasteiger partial charge in [0, 0.05) is 16.7 Å². The molecule has 0 atom stereocenters. The molecule has 6 heteroatoms. The summed E-state index contributed by atoms with van der Waals surface area (Å²) in [4.78, 5) is 30.5. The summed E-state index contributed by atoms with van der Waals surface area (Å²) in [7, 11) is 0. The number of hydrogen-bond donors (Lipinski definition) is 4. The Balaban J connectivity index is 2.02. The van der Waals surface area contributed by atoms with Crippen molar-refractivity contribution in [3.8, 4) is 11.5 Å². The van der Waals surface area contributed by atoms with Crippen molar-refractivity contribution >= 4 is 21.8 Å². The fourth-order valence-corrected chi connectivity index (χ4v) is 3.43. The lowest BCUT2D eigenvalue weighted by atomic mass is 9.91. The molecule has 0 bridgehead atoms. The van der Waals surface area contributed by atoms with Gasteiger partial charge in [-0.05, 0) is 24.3 Å². The first kappa shape index (κ1) is 16.0. The van der Waals surface area contributed by atoms with Gasteiger partial charge in [0.1, 0.15) is 11.5 Å². The van der Waals surface area contributed by atoms with Crippen LogP contribution in [0.15, 0.2) is 58.1 Å². The van der Waals surface area contributed by atoms with Crippen LogP contribution in [0.3, 0.4) is 0 Å². The number of benzene rings is 2. The Morgan fingerprint density at radius 2 is 1.12 bits per heavy atom. The monoisotopic (exact) mass is 348 g/mol. The number of pyridine rings is 2. The second-order valence-electron chi connectivity index (χ2n) is 6.25. The minimum absolute atomic E-state index is 0.0415. The highest BCUT2D eigenvalue weighted by Gasteiger charge is 2.25. The second-order valence-corrected chi connectivity index (χ2v) is 6.25. The number of hydrogen-bond acceptors (Lipinski definition) is 4. The molecule has 130 valence electrons. The lowest BCUT2D eigenvalue weighted by Crippen LogP contribution is -2.22. The summed E-state index contributed by atoms with van der Waals surface area (Å²) in [6, 6.07) is 13.7. The number of aromatic hydroxyl groups is 2. The first-order valence-electron chi connectivity index (χ1n) is 8.16. The van der Waals surface area contributed by atoms with E-state index in [9.17, 15) is 19.8 Å². The zero-order chi connectivity index (χ0) is 18.4. The van der Waals surface area contributed by atoms with Crippen molar-refractivity contribution in [2.75, 3.05) is 0 Å². The van der Waals surface area contributed by atoms with Gasteiger partial charge in [-0.1, -0.05) is 31.2 Å². The van der Waals surface area contributed by atoms with E-state index in [0.29, 0.717) is 21.8 Å². The molecule has 0 aliphatic carbocycles. The maximum atomic E-state index is 12.5. The van der Waals surface area contributed by atoms with E-state index in [2.05, 4.69) is 9.97 Å². The fourth-order valence-electron chi connectivity index (χ4n) is 3.43. The highest BCUT2D eigenvalue weighted by atomic mass is 16.3. The van der Waals surface area contributed by atoms with Crippen LogP contribution in [0.5, 0.6) is 11.5 Å². The van der Waals surface area contributed by atoms with Crippen LogP contribution in [0.4, 0.5) is 0 Å². The molecule has 2 aromatic heterocycles. The molecular weight excluding hydrogens is 332 g/mol. The number of aromatic amines is 2. The number of fused-ring (bicyclic) bond motifs is 2. The molecule has 0 saturated heterocycles. The number of rotatable bonds is 2. The van der Waals surface area contributed by atoms with Crippen molar-refractivity contribution in [2.45, 2.75) is 12.8 Å². The van der Waals surface area contributed by atoms with Gasteiger partial charge in [0.15, 0.2) is 0 Å². The number of aromatic nitrogens is 2. The molecule has 2 heterocycles. The normalized spacial score (nSPS) is 11.5. The average molecular weight is 348 g/mol. The molecule has 4 N–H and O–H groups in total. The second kappa shape index (κ2) is 5.77. The lowest BCUT2D eigenvalue weighted by Gasteiger charge is -2.16. The summed E-state index contributed by atoms with van der Waals surface area (Å²) in [6.07, 6.45) is 0. The van der Waals surface area contributed by atoms with Gasteiger partial charge in [0.25, 0.3) is 11.1 Å². The summed E-state index contributed by atoms with van der Waals surface area (Å²) in [5, 5.41) is 22.2. The van der Waals surface area contributed by atoms with Crippen LogP contribution in [0.1, 0.15) is 24.0 Å². The van der Waals surface area contributed by atoms with Crippen LogP contribution >= 0.6 is 0 Å². The molecule has 0 aliphatic rings. The van der Waals surface area contributed by atoms with Gasteiger partial charge in [0.05, 0.1) is 22.2 Å². The Bertz CT molecular complexity index is 1170. The van der Waals surface area contributed by atoms with E-state index in [0.717, 1.165) is 0 Å². The van der Waals surface area contributed by atoms with Gasteiger partial charge >= 0.3 is 0 Å². The molecule has 4 aromatic rings. The smallest absolute Gasteiger partial charge is 0.255 e. The summed E-state index contributed by atoms with van der Waals surface area (Å²) in [5.74, 6) is -1.19. The average Bonchev–Trinajstić information content (AvgIpc) is 2.62. The molecular formula is C20H16N2O4. The third-order valence-electron chi connectivity index (χ3n) is 4.73. The van der Waals surface area contributed by atoms with Crippen molar-refractivity contribution in [3.05, 3.63) is 80.4 Å². The Labute approximate surface area is 147 Å². The molecule has 0 amide bonds. The van der Waals surface area contributed by atoms with Crippen LogP contribution in [-0.2, 0) is 0 Å². The van der Waals surface area contributed by atoms with Crippen LogP contribution in [-0.4, -0.2) is 20.2 Å². The molecule has 0 radical (unpaired) electrons. The number of nitrogens with one attached hydrogen (secondary N) is 2. The topological polar surface area (TPSA) is 106 Å². The molecule has 0 spiro atoms. The molecule has 26 heavy (non-hydrogen) atoms. The van der Waals surface area contributed by atoms with Gasteiger partial charge in [0.2, 0.25) is 0 Å². The zero-order valence-electron chi connectivity index (χ0n) is 13.9. The third kappa shape index (κ3) is 2.27. The molecule has 6 nitrogen and oxygen atoms in total. The van der Waals surface area contributed by atoms with Crippen LogP contribution in [0.25, 0.3) is 21.8 Å². The van der Waals surface area contributed by atoms with E-state index in [1.807, 2.05) is 0 Å². The van der Waals surface area contributed by atoms with Gasteiger partial charge in [-0.2, -0.15) is 0 Å². The highest BCUT2D eigenvalue weighted by molar-refractivity contribution is 5.88. The van der Waals surface area contributed by atoms with E-state index in [-0.39, 0.29) is 22.6 Å². The van der Waals surface area contributed by atoms with Crippen molar-refractivity contribution in [3.63, 3.8) is 0 Å². The zero-order valence-corrected chi connectivity index (χ0v) is 13.9. The van der Waals surface area contributed by atoms with Crippen molar-refractivity contribution in [2.24, 2.45) is 0 Å². The Hall–Kier alpha value is -3.54. The molecule has 0 unspecified atom stereocenters. The van der Waals surface area contributed by atoms with E-state index in [1.54, 1.807) is 55.5 Å². The van der Waals surface area contributed by atoms with Gasteiger partial charge < -0.3 is 20.2 Å². The van der Waals surface area contributed by atoms with Crippen LogP contribution < -0.4 is 11.1 Å². The number of H-pyrrole nitrogens is 2. The Morgan fingerprint density at radius 1 is 0.731 bits per heavy atom. The SMILES string of the molecule is CC(c1c(O)c2ccccc2[nH]c1=O)c1c(O)c2ccccc2[nH]c1=O. The minimum Gasteiger partial charge on any atom is -0.507 e. The highest BCUT2D eigenvalue weighted by Crippen LogP contribution is 2.36. The quantitative estimate of drug-likeness (QED) is 0.447. The van der Waals surface area contributed by atoms with Crippen LogP contribution in [0.2, 0.25) is 0 Å². The van der Waals surface area contributed by atoms with Gasteiger partial charge in [-0.25, -0.2) is 0 Å². The fraction of sp³-hybridized carbons (Fsp3) is 0.100. The predicted octanol–water partition coefficient (Wildman–Crippen LogP) is 2.93. The maximum Gasteiger partial charge on any atom is 0.255 e. The molecule has 2 aromatic carbocycles. The Morgan fingerprint density at radius 3 is 1.54 bits per heavy atom. The molecule has 0 saturated carbocycles. The van der Waals surface area contributed by atoms with Crippen molar-refractivity contribution in [1.29, 1.82) is 0 Å². The molecule has 4 rings (SSSR count). The van der Waals surface area contributed by atoms with Gasteiger partial charge in [-0.15, -0.1) is 0 Å². The van der Waals surface area contributed by atoms with E-state index in [1.165, 1.54) is 0 Å². The van der Waals surface area contributed by atoms with E-state index >= 15 is 0 Å². The summed E-state index contributed by atoms with van der Waals surface area (Å²) in [6.45, 7) is 1.61. The van der Waals surface area contributed by atoms with E-state index < -0.39 is 17.0 Å². The molecule has 0 fully saturated rings. The van der Waals surface area contributed by atoms with Gasteiger partial charge in [-0.3, -0.25) is 9.59 Å². The minimum atomic E-state index is -0.809. The van der Waals surface area contributed by atoms with Crippen LogP contribution in [0, 0.1) is 0 Å². The first-order valence-corrected chi connectivity index (χ1v) is 8.16. The number of para-hydroxylation sites is 2. The largest absolute Gasteiger partial charge is 0.507 e. The standard InChI is InChI=1S/C20H16N2O4/c1-10(15-17(23)11-6-2-4-8-13(11)21-19(15)25)16-18(24)12-7-3-5-9-14(12)22-20(16)26/h2-10H,1H3,(H2,21,23,25)(H2,22,24,26). The first-order chi connectivity index (χ1) is 12.5. The van der Waals surface area contributed by atoms with Crippen molar-refractivity contribution in [1.82, 2.24) is 9.97 Å². The van der Waals surface area contributed by atoms with E-state index in [4.69, 9.17) is 0 Å². The molecule has 0 aliphatic heterocycles. The third-order valence-corrected chi connectivity index (χ3v) is 4.73. The van der Waals surface area contributed by atoms with Crippen molar-refractivity contribution < 1.29 is 10.2 Å². The summed E-state index contributed by atoms with van der Waals surface area (Å²) in [5.41, 5.74) is 0.0889. The Kier molecular flexibility index (Phi) is 3.54. The lowest BCUT2D eigenvalue weighted by molar-refractivity contribution is 0.460. The summed E-state index contributed by atoms with van der Waals surface area (Å²) >= 11 is 0. The maximum absolute atomic E-state index is 12.5. The predicted molar refractivity (Wildman–Crippen MR) is 100.0 cm³/mol.